The molecule has 6 nitrogen and oxygen atoms in total. The topological polar surface area (TPSA) is 63.4 Å². The van der Waals surface area contributed by atoms with Crippen molar-refractivity contribution in [3.8, 4) is 5.69 Å². The minimum absolute atomic E-state index is 0.153. The smallest absolute Gasteiger partial charge is 0.280 e. The number of aromatic nitrogens is 3. The molecule has 0 amide bonds. The van der Waals surface area contributed by atoms with Crippen molar-refractivity contribution in [1.82, 2.24) is 19.7 Å². The van der Waals surface area contributed by atoms with Crippen molar-refractivity contribution < 1.29 is 0 Å². The molecular formula is C21H20ClN5O. The van der Waals surface area contributed by atoms with Crippen molar-refractivity contribution in [2.75, 3.05) is 20.6 Å². The quantitative estimate of drug-likeness (QED) is 0.683. The second kappa shape index (κ2) is 7.66. The van der Waals surface area contributed by atoms with Gasteiger partial charge in [0.25, 0.3) is 5.56 Å². The molecule has 0 aliphatic carbocycles. The maximum atomic E-state index is 13.2. The maximum Gasteiger partial charge on any atom is 0.280 e. The highest BCUT2D eigenvalue weighted by molar-refractivity contribution is 6.31. The Balaban J connectivity index is 1.91. The molecule has 2 aromatic carbocycles. The highest BCUT2D eigenvalue weighted by Gasteiger charge is 2.22. The molecule has 0 saturated carbocycles. The SMILES string of the molecule is CN(C)CCc1nnc2n(c1=O)-c1ccc(Cl)cc1C(c1ccccc1)=NC2. The van der Waals surface area contributed by atoms with Crippen molar-refractivity contribution in [3.05, 3.63) is 86.6 Å². The van der Waals surface area contributed by atoms with E-state index in [1.54, 1.807) is 10.6 Å². The average Bonchev–Trinajstić information content (AvgIpc) is 2.85. The highest BCUT2D eigenvalue weighted by atomic mass is 35.5. The number of fused-ring (bicyclic) bond motifs is 3. The average molecular weight is 394 g/mol. The van der Waals surface area contributed by atoms with Crippen LogP contribution in [0, 0.1) is 0 Å². The monoisotopic (exact) mass is 393 g/mol. The number of halogens is 1. The molecule has 0 atom stereocenters. The van der Waals surface area contributed by atoms with Crippen LogP contribution in [0.1, 0.15) is 22.6 Å². The van der Waals surface area contributed by atoms with Gasteiger partial charge in [0.2, 0.25) is 0 Å². The van der Waals surface area contributed by atoms with Gasteiger partial charge in [-0.3, -0.25) is 14.4 Å². The van der Waals surface area contributed by atoms with Crippen molar-refractivity contribution in [2.45, 2.75) is 13.0 Å². The van der Waals surface area contributed by atoms with Gasteiger partial charge < -0.3 is 4.90 Å². The predicted octanol–water partition coefficient (Wildman–Crippen LogP) is 2.74. The van der Waals surface area contributed by atoms with E-state index in [9.17, 15) is 4.79 Å². The van der Waals surface area contributed by atoms with E-state index in [0.29, 0.717) is 23.0 Å². The summed E-state index contributed by atoms with van der Waals surface area (Å²) in [5.74, 6) is 0.521. The van der Waals surface area contributed by atoms with Crippen LogP contribution in [0.25, 0.3) is 5.69 Å². The molecule has 28 heavy (non-hydrogen) atoms. The Morgan fingerprint density at radius 2 is 1.89 bits per heavy atom. The molecule has 2 heterocycles. The molecule has 142 valence electrons. The van der Waals surface area contributed by atoms with Crippen molar-refractivity contribution in [2.24, 2.45) is 4.99 Å². The molecule has 0 spiro atoms. The molecule has 0 bridgehead atoms. The highest BCUT2D eigenvalue weighted by Crippen LogP contribution is 2.26. The number of aliphatic imine (C=N–C) groups is 1. The summed E-state index contributed by atoms with van der Waals surface area (Å²) in [6, 6.07) is 15.4. The van der Waals surface area contributed by atoms with Crippen molar-refractivity contribution >= 4 is 17.3 Å². The van der Waals surface area contributed by atoms with Gasteiger partial charge in [-0.05, 0) is 32.3 Å². The standard InChI is InChI=1S/C21H20ClN5O/c1-26(2)11-10-17-21(28)27-18-9-8-15(22)12-16(18)20(14-6-4-3-5-7-14)23-13-19(27)25-24-17/h3-9,12H,10-11,13H2,1-2H3. The van der Waals surface area contributed by atoms with E-state index in [4.69, 9.17) is 16.6 Å². The normalized spacial score (nSPS) is 12.9. The lowest BCUT2D eigenvalue weighted by molar-refractivity contribution is 0.409. The fourth-order valence-electron chi connectivity index (χ4n) is 3.26. The minimum Gasteiger partial charge on any atom is -0.309 e. The number of hydrogen-bond donors (Lipinski definition) is 0. The first-order chi connectivity index (χ1) is 13.5. The largest absolute Gasteiger partial charge is 0.309 e. The Morgan fingerprint density at radius 3 is 2.64 bits per heavy atom. The zero-order valence-corrected chi connectivity index (χ0v) is 16.5. The van der Waals surface area contributed by atoms with E-state index < -0.39 is 0 Å². The first-order valence-corrected chi connectivity index (χ1v) is 9.45. The Labute approximate surface area is 168 Å². The summed E-state index contributed by atoms with van der Waals surface area (Å²) >= 11 is 6.29. The third-order valence-electron chi connectivity index (χ3n) is 4.67. The predicted molar refractivity (Wildman–Crippen MR) is 111 cm³/mol. The van der Waals surface area contributed by atoms with Gasteiger partial charge in [-0.1, -0.05) is 41.9 Å². The van der Waals surface area contributed by atoms with Gasteiger partial charge in [0, 0.05) is 29.1 Å². The lowest BCUT2D eigenvalue weighted by Crippen LogP contribution is -2.30. The van der Waals surface area contributed by atoms with E-state index in [0.717, 1.165) is 29.1 Å². The number of rotatable bonds is 4. The first kappa shape index (κ1) is 18.5. The molecule has 3 aromatic rings. The van der Waals surface area contributed by atoms with Gasteiger partial charge >= 0.3 is 0 Å². The van der Waals surface area contributed by atoms with E-state index in [1.807, 2.05) is 61.5 Å². The molecule has 4 rings (SSSR count). The van der Waals surface area contributed by atoms with Gasteiger partial charge in [0.1, 0.15) is 12.2 Å². The zero-order valence-electron chi connectivity index (χ0n) is 15.8. The van der Waals surface area contributed by atoms with Crippen molar-refractivity contribution in [1.29, 1.82) is 0 Å². The first-order valence-electron chi connectivity index (χ1n) is 9.07. The van der Waals surface area contributed by atoms with Crippen LogP contribution >= 0.6 is 11.6 Å². The number of hydrogen-bond acceptors (Lipinski definition) is 5. The molecule has 0 N–H and O–H groups in total. The van der Waals surface area contributed by atoms with Crippen LogP contribution in [-0.4, -0.2) is 46.0 Å². The molecule has 1 aliphatic heterocycles. The summed E-state index contributed by atoms with van der Waals surface area (Å²) in [6.07, 6.45) is 0.536. The summed E-state index contributed by atoms with van der Waals surface area (Å²) in [4.78, 5) is 20.0. The molecule has 1 aromatic heterocycles. The lowest BCUT2D eigenvalue weighted by atomic mass is 10.0. The second-order valence-electron chi connectivity index (χ2n) is 6.95. The minimum atomic E-state index is -0.153. The van der Waals surface area contributed by atoms with Crippen molar-refractivity contribution in [3.63, 3.8) is 0 Å². The van der Waals surface area contributed by atoms with E-state index in [-0.39, 0.29) is 12.1 Å². The van der Waals surface area contributed by atoms with Gasteiger partial charge in [0.05, 0.1) is 11.4 Å². The second-order valence-corrected chi connectivity index (χ2v) is 7.39. The maximum absolute atomic E-state index is 13.2. The van der Waals surface area contributed by atoms with Crippen LogP contribution in [0.4, 0.5) is 0 Å². The fourth-order valence-corrected chi connectivity index (χ4v) is 3.43. The van der Waals surface area contributed by atoms with Gasteiger partial charge in [-0.15, -0.1) is 10.2 Å². The van der Waals surface area contributed by atoms with Crippen LogP contribution in [0.3, 0.4) is 0 Å². The number of likely N-dealkylation sites (N-methyl/N-ethyl adjacent to an activating group) is 1. The number of benzene rings is 2. The van der Waals surface area contributed by atoms with Crippen LogP contribution < -0.4 is 5.56 Å². The van der Waals surface area contributed by atoms with Crippen LogP contribution in [0.5, 0.6) is 0 Å². The Morgan fingerprint density at radius 1 is 1.11 bits per heavy atom. The molecule has 0 fully saturated rings. The molecule has 0 saturated heterocycles. The number of nitrogens with zero attached hydrogens (tertiary/aromatic N) is 5. The van der Waals surface area contributed by atoms with Crippen LogP contribution in [0.15, 0.2) is 58.3 Å². The lowest BCUT2D eigenvalue weighted by Gasteiger charge is -2.14. The van der Waals surface area contributed by atoms with E-state index in [2.05, 4.69) is 10.2 Å². The third-order valence-corrected chi connectivity index (χ3v) is 4.91. The molecular weight excluding hydrogens is 374 g/mol. The van der Waals surface area contributed by atoms with E-state index in [1.165, 1.54) is 0 Å². The Hall–Kier alpha value is -2.83. The summed E-state index contributed by atoms with van der Waals surface area (Å²) in [6.45, 7) is 0.995. The summed E-state index contributed by atoms with van der Waals surface area (Å²) < 4.78 is 1.63. The van der Waals surface area contributed by atoms with E-state index >= 15 is 0 Å². The molecule has 7 heteroatoms. The molecule has 0 unspecified atom stereocenters. The Bertz CT molecular complexity index is 1110. The van der Waals surface area contributed by atoms with Crippen LogP contribution in [-0.2, 0) is 13.0 Å². The van der Waals surface area contributed by atoms with Gasteiger partial charge in [-0.25, -0.2) is 0 Å². The summed E-state index contributed by atoms with van der Waals surface area (Å²) in [5, 5.41) is 9.10. The molecule has 0 radical (unpaired) electrons. The fraction of sp³-hybridized carbons (Fsp3) is 0.238. The Kier molecular flexibility index (Phi) is 5.07. The van der Waals surface area contributed by atoms with Crippen LogP contribution in [0.2, 0.25) is 5.02 Å². The summed E-state index contributed by atoms with van der Waals surface area (Å²) in [5.41, 5.74) is 3.59. The molecule has 1 aliphatic rings. The summed E-state index contributed by atoms with van der Waals surface area (Å²) in [7, 11) is 3.93. The van der Waals surface area contributed by atoms with Gasteiger partial charge in [-0.2, -0.15) is 0 Å². The third kappa shape index (κ3) is 3.48. The van der Waals surface area contributed by atoms with Gasteiger partial charge in [0.15, 0.2) is 5.82 Å². The zero-order chi connectivity index (χ0) is 19.7.